The summed E-state index contributed by atoms with van der Waals surface area (Å²) < 4.78 is 13.7. The van der Waals surface area contributed by atoms with Crippen molar-refractivity contribution in [3.05, 3.63) is 101 Å². The molecule has 1 unspecified atom stereocenters. The second-order valence-electron chi connectivity index (χ2n) is 8.69. The monoisotopic (exact) mass is 496 g/mol. The Morgan fingerprint density at radius 1 is 1.00 bits per heavy atom. The van der Waals surface area contributed by atoms with Crippen LogP contribution in [0.2, 0.25) is 0 Å². The summed E-state index contributed by atoms with van der Waals surface area (Å²) in [6.07, 6.45) is 0. The van der Waals surface area contributed by atoms with Crippen molar-refractivity contribution in [1.82, 2.24) is 20.2 Å². The number of anilines is 2. The van der Waals surface area contributed by atoms with Gasteiger partial charge in [0.15, 0.2) is 11.5 Å². The predicted molar refractivity (Wildman–Crippen MR) is 140 cm³/mol. The van der Waals surface area contributed by atoms with E-state index in [-0.39, 0.29) is 5.91 Å². The number of carbonyl (C=O) groups is 1. The number of hydrogen-bond donors (Lipinski definition) is 2. The molecule has 1 amide bonds. The second kappa shape index (κ2) is 10.5. The number of allylic oxidation sites excluding steroid dienone is 1. The zero-order chi connectivity index (χ0) is 25.8. The Hall–Kier alpha value is -4.66. The van der Waals surface area contributed by atoms with E-state index in [9.17, 15) is 4.79 Å². The lowest BCUT2D eigenvalue weighted by Gasteiger charge is -2.28. The van der Waals surface area contributed by atoms with Crippen LogP contribution in [-0.4, -0.2) is 32.7 Å². The zero-order valence-corrected chi connectivity index (χ0v) is 20.9. The number of fused-ring (bicyclic) bond motifs is 1. The van der Waals surface area contributed by atoms with Crippen LogP contribution in [0.5, 0.6) is 11.5 Å². The maximum Gasteiger partial charge on any atom is 0.255 e. The lowest BCUT2D eigenvalue weighted by molar-refractivity contribution is -0.113. The van der Waals surface area contributed by atoms with E-state index in [0.717, 1.165) is 16.7 Å². The summed E-state index contributed by atoms with van der Waals surface area (Å²) in [6, 6.07) is 22.5. The zero-order valence-electron chi connectivity index (χ0n) is 20.9. The molecule has 3 aromatic carbocycles. The first-order valence-electron chi connectivity index (χ1n) is 12.1. The van der Waals surface area contributed by atoms with E-state index in [1.54, 1.807) is 4.68 Å². The fourth-order valence-corrected chi connectivity index (χ4v) is 4.34. The smallest absolute Gasteiger partial charge is 0.255 e. The summed E-state index contributed by atoms with van der Waals surface area (Å²) in [5.74, 6) is 1.41. The van der Waals surface area contributed by atoms with E-state index in [0.29, 0.717) is 47.6 Å². The number of tetrazole rings is 1. The van der Waals surface area contributed by atoms with Crippen molar-refractivity contribution in [2.24, 2.45) is 0 Å². The van der Waals surface area contributed by atoms with Gasteiger partial charge >= 0.3 is 0 Å². The summed E-state index contributed by atoms with van der Waals surface area (Å²) in [4.78, 5) is 13.5. The van der Waals surface area contributed by atoms with Crippen molar-refractivity contribution in [3.8, 4) is 11.5 Å². The molecule has 1 aliphatic heterocycles. The molecule has 2 N–H and O–H groups in total. The molecule has 1 atom stereocenters. The Balaban J connectivity index is 1.50. The Morgan fingerprint density at radius 2 is 1.78 bits per heavy atom. The van der Waals surface area contributed by atoms with E-state index in [1.807, 2.05) is 80.6 Å². The first-order valence-corrected chi connectivity index (χ1v) is 12.1. The molecule has 2 heterocycles. The Labute approximate surface area is 215 Å². The topological polar surface area (TPSA) is 103 Å². The van der Waals surface area contributed by atoms with Crippen LogP contribution in [0.3, 0.4) is 0 Å². The van der Waals surface area contributed by atoms with Gasteiger partial charge in [-0.15, -0.1) is 0 Å². The average molecular weight is 497 g/mol. The van der Waals surface area contributed by atoms with Crippen LogP contribution in [-0.2, 0) is 11.4 Å². The second-order valence-corrected chi connectivity index (χ2v) is 8.69. The number of aromatic nitrogens is 4. The summed E-state index contributed by atoms with van der Waals surface area (Å²) in [6.45, 7) is 6.70. The number of nitrogens with zero attached hydrogens (tertiary/aromatic N) is 4. The van der Waals surface area contributed by atoms with Gasteiger partial charge in [-0.1, -0.05) is 53.6 Å². The molecular formula is C28H28N6O3. The molecule has 188 valence electrons. The highest BCUT2D eigenvalue weighted by molar-refractivity contribution is 6.06. The number of hydrogen-bond acceptors (Lipinski definition) is 7. The van der Waals surface area contributed by atoms with E-state index in [2.05, 4.69) is 39.1 Å². The van der Waals surface area contributed by atoms with Crippen molar-refractivity contribution >= 4 is 17.5 Å². The molecule has 4 aromatic rings. The predicted octanol–water partition coefficient (Wildman–Crippen LogP) is 4.89. The van der Waals surface area contributed by atoms with Gasteiger partial charge in [-0.3, -0.25) is 4.79 Å². The highest BCUT2D eigenvalue weighted by Crippen LogP contribution is 2.39. The van der Waals surface area contributed by atoms with Crippen LogP contribution in [0.1, 0.15) is 36.6 Å². The third kappa shape index (κ3) is 5.02. The third-order valence-corrected chi connectivity index (χ3v) is 6.22. The number of benzene rings is 3. The fraction of sp³-hybridized carbons (Fsp3) is 0.214. The molecule has 0 spiro atoms. The summed E-state index contributed by atoms with van der Waals surface area (Å²) in [5.41, 5.74) is 4.92. The summed E-state index contributed by atoms with van der Waals surface area (Å²) in [7, 11) is 0. The standard InChI is InChI=1S/C28H28N6O3/c1-4-36-24-16-20(14-15-23(24)37-17-21-11-9-8-10-18(21)2)26-25(19(3)29-28-31-32-33-34(26)28)27(35)30-22-12-6-5-7-13-22/h5-16,26H,4,17H2,1-3H3,(H,30,35)(H,29,31,33). The molecule has 0 saturated heterocycles. The molecule has 0 aliphatic carbocycles. The fourth-order valence-electron chi connectivity index (χ4n) is 4.34. The highest BCUT2D eigenvalue weighted by atomic mass is 16.5. The molecule has 0 bridgehead atoms. The van der Waals surface area contributed by atoms with Gasteiger partial charge in [0, 0.05) is 11.4 Å². The van der Waals surface area contributed by atoms with E-state index >= 15 is 0 Å². The number of para-hydroxylation sites is 1. The molecule has 5 rings (SSSR count). The number of carbonyl (C=O) groups excluding carboxylic acids is 1. The van der Waals surface area contributed by atoms with E-state index in [1.165, 1.54) is 0 Å². The van der Waals surface area contributed by atoms with Gasteiger partial charge in [0.25, 0.3) is 5.91 Å². The van der Waals surface area contributed by atoms with Crippen LogP contribution in [0, 0.1) is 6.92 Å². The lowest BCUT2D eigenvalue weighted by Crippen LogP contribution is -2.31. The number of amides is 1. The molecule has 1 aliphatic rings. The SMILES string of the molecule is CCOc1cc(C2C(C(=O)Nc3ccccc3)=C(C)Nc3nnnn32)ccc1OCc1ccccc1C. The van der Waals surface area contributed by atoms with Gasteiger partial charge in [-0.05, 0) is 72.2 Å². The lowest BCUT2D eigenvalue weighted by atomic mass is 9.94. The number of rotatable bonds is 8. The van der Waals surface area contributed by atoms with Gasteiger partial charge in [0.05, 0.1) is 12.2 Å². The van der Waals surface area contributed by atoms with Gasteiger partial charge < -0.3 is 20.1 Å². The largest absolute Gasteiger partial charge is 0.490 e. The molecule has 0 radical (unpaired) electrons. The quantitative estimate of drug-likeness (QED) is 0.358. The molecule has 1 aromatic heterocycles. The molecule has 9 heteroatoms. The van der Waals surface area contributed by atoms with Gasteiger partial charge in [0.2, 0.25) is 5.95 Å². The van der Waals surface area contributed by atoms with Crippen molar-refractivity contribution in [3.63, 3.8) is 0 Å². The van der Waals surface area contributed by atoms with Crippen LogP contribution in [0.15, 0.2) is 84.1 Å². The summed E-state index contributed by atoms with van der Waals surface area (Å²) >= 11 is 0. The number of aryl methyl sites for hydroxylation is 1. The molecule has 9 nitrogen and oxygen atoms in total. The van der Waals surface area contributed by atoms with Crippen LogP contribution in [0.25, 0.3) is 0 Å². The minimum atomic E-state index is -0.570. The van der Waals surface area contributed by atoms with Crippen LogP contribution >= 0.6 is 0 Å². The van der Waals surface area contributed by atoms with Crippen molar-refractivity contribution < 1.29 is 14.3 Å². The highest BCUT2D eigenvalue weighted by Gasteiger charge is 2.34. The first-order chi connectivity index (χ1) is 18.0. The Morgan fingerprint density at radius 3 is 2.57 bits per heavy atom. The van der Waals surface area contributed by atoms with Crippen LogP contribution in [0.4, 0.5) is 11.6 Å². The van der Waals surface area contributed by atoms with Gasteiger partial charge in [0.1, 0.15) is 12.6 Å². The van der Waals surface area contributed by atoms with Crippen molar-refractivity contribution in [2.45, 2.75) is 33.4 Å². The summed E-state index contributed by atoms with van der Waals surface area (Å²) in [5, 5.41) is 18.2. The molecular weight excluding hydrogens is 468 g/mol. The Bertz CT molecular complexity index is 1450. The van der Waals surface area contributed by atoms with Crippen molar-refractivity contribution in [2.75, 3.05) is 17.2 Å². The maximum atomic E-state index is 13.5. The van der Waals surface area contributed by atoms with E-state index in [4.69, 9.17) is 9.47 Å². The minimum absolute atomic E-state index is 0.250. The molecule has 37 heavy (non-hydrogen) atoms. The van der Waals surface area contributed by atoms with Crippen LogP contribution < -0.4 is 20.1 Å². The number of ether oxygens (including phenoxy) is 2. The normalized spacial score (nSPS) is 14.5. The average Bonchev–Trinajstić information content (AvgIpc) is 3.36. The molecule has 0 fully saturated rings. The number of nitrogens with one attached hydrogen (secondary N) is 2. The molecule has 0 saturated carbocycles. The minimum Gasteiger partial charge on any atom is -0.490 e. The first kappa shape index (κ1) is 24.1. The third-order valence-electron chi connectivity index (χ3n) is 6.22. The van der Waals surface area contributed by atoms with E-state index < -0.39 is 6.04 Å². The maximum absolute atomic E-state index is 13.5. The Kier molecular flexibility index (Phi) is 6.85. The van der Waals surface area contributed by atoms with Gasteiger partial charge in [-0.25, -0.2) is 0 Å². The van der Waals surface area contributed by atoms with Crippen molar-refractivity contribution in [1.29, 1.82) is 0 Å². The van der Waals surface area contributed by atoms with Gasteiger partial charge in [-0.2, -0.15) is 4.68 Å².